The van der Waals surface area contributed by atoms with Crippen LogP contribution in [-0.4, -0.2) is 70.4 Å². The molecule has 0 N–H and O–H groups in total. The first-order valence-corrected chi connectivity index (χ1v) is 12.6. The lowest BCUT2D eigenvalue weighted by Crippen LogP contribution is -2.52. The van der Waals surface area contributed by atoms with Gasteiger partial charge in [-0.15, -0.1) is 0 Å². The molecule has 0 unspecified atom stereocenters. The molecule has 3 aliphatic rings. The van der Waals surface area contributed by atoms with Crippen molar-refractivity contribution in [2.45, 2.75) is 95.0 Å². The molecule has 7 nitrogen and oxygen atoms in total. The third-order valence-corrected chi connectivity index (χ3v) is 10.8. The largest absolute Gasteiger partial charge is 0.467 e. The SMILES string of the molecule is COC(=O)[C@@]1(CO[Si](C)(C)C(C)(C)C)C[C@H]2OC[C@@H]3OC(C)(C)O[C@@H]3[C@H]2O1. The van der Waals surface area contributed by atoms with Crippen LogP contribution in [-0.2, 0) is 32.9 Å². The van der Waals surface area contributed by atoms with Crippen LogP contribution in [0.5, 0.6) is 0 Å². The molecular weight excluding hydrogens is 368 g/mol. The summed E-state index contributed by atoms with van der Waals surface area (Å²) in [4.78, 5) is 12.7. The maximum atomic E-state index is 12.7. The number of hydrogen-bond donors (Lipinski definition) is 0. The topological polar surface area (TPSA) is 72.5 Å². The van der Waals surface area contributed by atoms with Crippen LogP contribution >= 0.6 is 0 Å². The lowest BCUT2D eigenvalue weighted by Gasteiger charge is -2.39. The molecule has 0 aromatic carbocycles. The lowest BCUT2D eigenvalue weighted by molar-refractivity contribution is -0.190. The Morgan fingerprint density at radius 3 is 2.33 bits per heavy atom. The molecule has 3 fully saturated rings. The van der Waals surface area contributed by atoms with Crippen LogP contribution in [0.15, 0.2) is 0 Å². The molecule has 0 aromatic heterocycles. The molecule has 0 aromatic rings. The summed E-state index contributed by atoms with van der Waals surface area (Å²) in [6.45, 7) is 15.2. The first kappa shape index (κ1) is 21.2. The van der Waals surface area contributed by atoms with Crippen LogP contribution in [0.25, 0.3) is 0 Å². The van der Waals surface area contributed by atoms with E-state index < -0.39 is 25.7 Å². The second-order valence-corrected chi connectivity index (χ2v) is 14.6. The predicted molar refractivity (Wildman–Crippen MR) is 101 cm³/mol. The Balaban J connectivity index is 1.80. The van der Waals surface area contributed by atoms with Gasteiger partial charge in [-0.1, -0.05) is 20.8 Å². The van der Waals surface area contributed by atoms with E-state index in [4.69, 9.17) is 28.1 Å². The van der Waals surface area contributed by atoms with Gasteiger partial charge in [0.2, 0.25) is 0 Å². The van der Waals surface area contributed by atoms with E-state index in [1.807, 2.05) is 13.8 Å². The number of ether oxygens (including phenoxy) is 5. The van der Waals surface area contributed by atoms with Crippen molar-refractivity contribution >= 4 is 14.3 Å². The van der Waals surface area contributed by atoms with E-state index in [1.54, 1.807) is 0 Å². The van der Waals surface area contributed by atoms with Gasteiger partial charge < -0.3 is 28.1 Å². The van der Waals surface area contributed by atoms with Crippen molar-refractivity contribution in [2.75, 3.05) is 20.3 Å². The summed E-state index contributed by atoms with van der Waals surface area (Å²) < 4.78 is 35.7. The average Bonchev–Trinajstić information content (AvgIpc) is 3.08. The van der Waals surface area contributed by atoms with Gasteiger partial charge in [-0.25, -0.2) is 4.79 Å². The molecule has 0 spiro atoms. The third kappa shape index (κ3) is 3.84. The van der Waals surface area contributed by atoms with E-state index in [0.717, 1.165) is 0 Å². The normalized spacial score (nSPS) is 38.4. The zero-order valence-electron chi connectivity index (χ0n) is 17.8. The highest BCUT2D eigenvalue weighted by Gasteiger charge is 2.62. The predicted octanol–water partition coefficient (Wildman–Crippen LogP) is 2.63. The number of carbonyl (C=O) groups excluding carboxylic acids is 1. The van der Waals surface area contributed by atoms with Gasteiger partial charge in [-0.2, -0.15) is 0 Å². The molecule has 0 aliphatic carbocycles. The van der Waals surface area contributed by atoms with Crippen LogP contribution in [0.1, 0.15) is 41.0 Å². The summed E-state index contributed by atoms with van der Waals surface area (Å²) in [5.41, 5.74) is -1.18. The highest BCUT2D eigenvalue weighted by molar-refractivity contribution is 6.74. The molecule has 0 amide bonds. The van der Waals surface area contributed by atoms with Gasteiger partial charge in [-0.3, -0.25) is 0 Å². The van der Waals surface area contributed by atoms with Crippen molar-refractivity contribution in [3.05, 3.63) is 0 Å². The minimum atomic E-state index is -2.06. The molecule has 0 radical (unpaired) electrons. The van der Waals surface area contributed by atoms with Crippen LogP contribution in [0.2, 0.25) is 18.1 Å². The monoisotopic (exact) mass is 402 g/mol. The zero-order chi connectivity index (χ0) is 20.3. The van der Waals surface area contributed by atoms with Gasteiger partial charge in [-0.05, 0) is 32.0 Å². The number of carbonyl (C=O) groups is 1. The molecule has 3 rings (SSSR count). The maximum Gasteiger partial charge on any atom is 0.340 e. The van der Waals surface area contributed by atoms with E-state index in [9.17, 15) is 4.79 Å². The number of rotatable bonds is 4. The smallest absolute Gasteiger partial charge is 0.340 e. The summed E-state index contributed by atoms with van der Waals surface area (Å²) >= 11 is 0. The minimum Gasteiger partial charge on any atom is -0.467 e. The van der Waals surface area contributed by atoms with Crippen molar-refractivity contribution in [3.63, 3.8) is 0 Å². The van der Waals surface area contributed by atoms with Crippen LogP contribution in [0, 0.1) is 0 Å². The summed E-state index contributed by atoms with van der Waals surface area (Å²) in [5, 5.41) is 0.0314. The van der Waals surface area contributed by atoms with Gasteiger partial charge in [0, 0.05) is 6.42 Å². The fourth-order valence-electron chi connectivity index (χ4n) is 3.73. The molecule has 3 saturated heterocycles. The van der Waals surface area contributed by atoms with Gasteiger partial charge >= 0.3 is 5.97 Å². The molecular formula is C19H34O7Si. The van der Waals surface area contributed by atoms with E-state index in [2.05, 4.69) is 33.9 Å². The first-order valence-electron chi connectivity index (χ1n) is 9.68. The Morgan fingerprint density at radius 2 is 1.74 bits per heavy atom. The number of hydrogen-bond acceptors (Lipinski definition) is 7. The van der Waals surface area contributed by atoms with Gasteiger partial charge in [0.25, 0.3) is 0 Å². The van der Waals surface area contributed by atoms with Crippen LogP contribution < -0.4 is 0 Å². The second-order valence-electron chi connectivity index (χ2n) is 9.83. The Morgan fingerprint density at radius 1 is 1.11 bits per heavy atom. The van der Waals surface area contributed by atoms with Crippen molar-refractivity contribution < 1.29 is 32.9 Å². The van der Waals surface area contributed by atoms with Crippen LogP contribution in [0.4, 0.5) is 0 Å². The van der Waals surface area contributed by atoms with Gasteiger partial charge in [0.1, 0.15) is 18.3 Å². The molecule has 3 heterocycles. The summed E-state index contributed by atoms with van der Waals surface area (Å²) in [5.74, 6) is -1.11. The van der Waals surface area contributed by atoms with Crippen molar-refractivity contribution in [2.24, 2.45) is 0 Å². The van der Waals surface area contributed by atoms with Gasteiger partial charge in [0.05, 0.1) is 26.4 Å². The fourth-order valence-corrected chi connectivity index (χ4v) is 4.76. The first-order chi connectivity index (χ1) is 12.3. The van der Waals surface area contributed by atoms with Crippen molar-refractivity contribution in [3.8, 4) is 0 Å². The Kier molecular flexibility index (Phi) is 5.32. The Labute approximate surface area is 163 Å². The fraction of sp³-hybridized carbons (Fsp3) is 0.947. The molecule has 8 heteroatoms. The Hall–Kier alpha value is -0.513. The van der Waals surface area contributed by atoms with E-state index >= 15 is 0 Å². The molecule has 3 aliphatic heterocycles. The lowest BCUT2D eigenvalue weighted by atomic mass is 9.95. The highest BCUT2D eigenvalue weighted by atomic mass is 28.4. The summed E-state index contributed by atoms with van der Waals surface area (Å²) in [6, 6.07) is 0. The van der Waals surface area contributed by atoms with E-state index in [-0.39, 0.29) is 36.1 Å². The molecule has 5 atom stereocenters. The van der Waals surface area contributed by atoms with Crippen molar-refractivity contribution in [1.29, 1.82) is 0 Å². The number of methoxy groups -OCH3 is 1. The van der Waals surface area contributed by atoms with E-state index in [1.165, 1.54) is 7.11 Å². The number of esters is 1. The summed E-state index contributed by atoms with van der Waals surface area (Å²) in [7, 11) is -0.682. The molecule has 0 bridgehead atoms. The number of fused-ring (bicyclic) bond motifs is 3. The maximum absolute atomic E-state index is 12.7. The van der Waals surface area contributed by atoms with Gasteiger partial charge in [0.15, 0.2) is 19.7 Å². The highest BCUT2D eigenvalue weighted by Crippen LogP contribution is 2.45. The second kappa shape index (κ2) is 6.78. The van der Waals surface area contributed by atoms with Crippen molar-refractivity contribution in [1.82, 2.24) is 0 Å². The zero-order valence-corrected chi connectivity index (χ0v) is 18.8. The standard InChI is InChI=1S/C19H34O7Si/c1-17(2,3)27(7,8)23-11-19(16(20)21-6)9-12-14(26-19)15-13(10-22-12)24-18(4,5)25-15/h12-15H,9-11H2,1-8H3/t12-,13+,14+,15+,19+/m1/s1. The minimum absolute atomic E-state index is 0.0314. The third-order valence-electron chi connectivity index (χ3n) is 6.31. The van der Waals surface area contributed by atoms with Crippen LogP contribution in [0.3, 0.4) is 0 Å². The molecule has 0 saturated carbocycles. The quantitative estimate of drug-likeness (QED) is 0.529. The average molecular weight is 403 g/mol. The molecule has 27 heavy (non-hydrogen) atoms. The Bertz CT molecular complexity index is 585. The van der Waals surface area contributed by atoms with E-state index in [0.29, 0.717) is 13.0 Å². The molecule has 156 valence electrons. The summed E-state index contributed by atoms with van der Waals surface area (Å²) in [6.07, 6.45) is -0.695.